The third kappa shape index (κ3) is 3.46. The Morgan fingerprint density at radius 3 is 2.95 bits per heavy atom. The SMILES string of the molecule is C[C@@H](C(=O)Nc1nccs1)N1CCO[C@@H](c2nccs2)C1. The summed E-state index contributed by atoms with van der Waals surface area (Å²) in [4.78, 5) is 22.8. The van der Waals surface area contributed by atoms with Crippen molar-refractivity contribution >= 4 is 33.7 Å². The molecule has 3 rings (SSSR count). The van der Waals surface area contributed by atoms with Gasteiger partial charge in [-0.2, -0.15) is 0 Å². The predicted octanol–water partition coefficient (Wildman–Crippen LogP) is 2.00. The van der Waals surface area contributed by atoms with Crippen LogP contribution in [0.5, 0.6) is 0 Å². The number of thiazole rings is 2. The van der Waals surface area contributed by atoms with Crippen molar-refractivity contribution in [2.45, 2.75) is 19.1 Å². The number of amides is 1. The standard InChI is InChI=1S/C13H16N4O2S2/c1-9(11(18)16-13-15-3-7-21-13)17-4-5-19-10(8-17)12-14-2-6-20-12/h2-3,6-7,9-10H,4-5,8H2,1H3,(H,15,16,18)/t9-,10+/m0/s1. The van der Waals surface area contributed by atoms with Crippen LogP contribution in [0.4, 0.5) is 5.13 Å². The molecule has 3 heterocycles. The van der Waals surface area contributed by atoms with E-state index in [1.807, 2.05) is 17.7 Å². The molecule has 0 saturated carbocycles. The van der Waals surface area contributed by atoms with Gasteiger partial charge in [-0.25, -0.2) is 9.97 Å². The molecule has 1 aliphatic rings. The molecular formula is C13H16N4O2S2. The van der Waals surface area contributed by atoms with Crippen molar-refractivity contribution in [3.05, 3.63) is 28.2 Å². The van der Waals surface area contributed by atoms with Crippen LogP contribution < -0.4 is 5.32 Å². The van der Waals surface area contributed by atoms with E-state index in [9.17, 15) is 4.79 Å². The van der Waals surface area contributed by atoms with Gasteiger partial charge in [-0.1, -0.05) is 0 Å². The molecule has 2 aromatic rings. The van der Waals surface area contributed by atoms with Crippen molar-refractivity contribution in [1.29, 1.82) is 0 Å². The molecule has 1 amide bonds. The van der Waals surface area contributed by atoms with E-state index in [4.69, 9.17) is 4.74 Å². The second kappa shape index (κ2) is 6.61. The van der Waals surface area contributed by atoms with E-state index in [0.717, 1.165) is 11.6 Å². The van der Waals surface area contributed by atoms with E-state index in [0.29, 0.717) is 18.3 Å². The lowest BCUT2D eigenvalue weighted by molar-refractivity contribution is -0.124. The Kier molecular flexibility index (Phi) is 4.59. The fraction of sp³-hybridized carbons (Fsp3) is 0.462. The van der Waals surface area contributed by atoms with Crippen LogP contribution in [0.2, 0.25) is 0 Å². The number of morpholine rings is 1. The number of hydrogen-bond donors (Lipinski definition) is 1. The van der Waals surface area contributed by atoms with Gasteiger partial charge in [0.15, 0.2) is 5.13 Å². The van der Waals surface area contributed by atoms with E-state index >= 15 is 0 Å². The molecule has 21 heavy (non-hydrogen) atoms. The van der Waals surface area contributed by atoms with Crippen molar-refractivity contribution in [3.63, 3.8) is 0 Å². The Morgan fingerprint density at radius 1 is 1.43 bits per heavy atom. The quantitative estimate of drug-likeness (QED) is 0.932. The van der Waals surface area contributed by atoms with Gasteiger partial charge >= 0.3 is 0 Å². The minimum Gasteiger partial charge on any atom is -0.368 e. The fourth-order valence-electron chi connectivity index (χ4n) is 2.22. The van der Waals surface area contributed by atoms with Gasteiger partial charge in [0.25, 0.3) is 0 Å². The smallest absolute Gasteiger partial charge is 0.243 e. The lowest BCUT2D eigenvalue weighted by atomic mass is 10.2. The van der Waals surface area contributed by atoms with Crippen molar-refractivity contribution in [2.24, 2.45) is 0 Å². The maximum Gasteiger partial charge on any atom is 0.243 e. The third-order valence-electron chi connectivity index (χ3n) is 3.41. The minimum absolute atomic E-state index is 0.0373. The second-order valence-electron chi connectivity index (χ2n) is 4.73. The number of hydrogen-bond acceptors (Lipinski definition) is 7. The first kappa shape index (κ1) is 14.6. The first-order valence-corrected chi connectivity index (χ1v) is 8.45. The highest BCUT2D eigenvalue weighted by molar-refractivity contribution is 7.13. The van der Waals surface area contributed by atoms with Crippen molar-refractivity contribution in [2.75, 3.05) is 25.0 Å². The Morgan fingerprint density at radius 2 is 2.24 bits per heavy atom. The summed E-state index contributed by atoms with van der Waals surface area (Å²) < 4.78 is 5.75. The number of ether oxygens (including phenoxy) is 1. The largest absolute Gasteiger partial charge is 0.368 e. The summed E-state index contributed by atoms with van der Waals surface area (Å²) in [6.45, 7) is 3.95. The van der Waals surface area contributed by atoms with Gasteiger partial charge < -0.3 is 10.1 Å². The molecule has 1 aliphatic heterocycles. The summed E-state index contributed by atoms with van der Waals surface area (Å²) in [5.41, 5.74) is 0. The normalized spacial score (nSPS) is 21.1. The highest BCUT2D eigenvalue weighted by Gasteiger charge is 2.30. The van der Waals surface area contributed by atoms with E-state index in [-0.39, 0.29) is 18.1 Å². The van der Waals surface area contributed by atoms with E-state index in [1.165, 1.54) is 11.3 Å². The zero-order valence-corrected chi connectivity index (χ0v) is 13.2. The molecule has 0 aliphatic carbocycles. The molecule has 6 nitrogen and oxygen atoms in total. The third-order valence-corrected chi connectivity index (χ3v) is 4.97. The lowest BCUT2D eigenvalue weighted by Crippen LogP contribution is -2.48. The first-order chi connectivity index (χ1) is 10.2. The van der Waals surface area contributed by atoms with Crippen LogP contribution in [0.15, 0.2) is 23.2 Å². The van der Waals surface area contributed by atoms with E-state index in [1.54, 1.807) is 23.7 Å². The van der Waals surface area contributed by atoms with Crippen LogP contribution in [0.25, 0.3) is 0 Å². The van der Waals surface area contributed by atoms with Crippen molar-refractivity contribution in [3.8, 4) is 0 Å². The molecule has 1 N–H and O–H groups in total. The Bertz CT molecular complexity index is 573. The summed E-state index contributed by atoms with van der Waals surface area (Å²) in [6.07, 6.45) is 3.41. The number of carbonyl (C=O) groups excluding carboxylic acids is 1. The average molecular weight is 324 g/mol. The molecule has 0 unspecified atom stereocenters. The van der Waals surface area contributed by atoms with Gasteiger partial charge in [0.05, 0.1) is 12.6 Å². The molecule has 0 spiro atoms. The second-order valence-corrected chi connectivity index (χ2v) is 6.55. The van der Waals surface area contributed by atoms with Gasteiger partial charge in [-0.05, 0) is 6.92 Å². The average Bonchev–Trinajstić information content (AvgIpc) is 3.20. The highest BCUT2D eigenvalue weighted by atomic mass is 32.1. The number of nitrogens with one attached hydrogen (secondary N) is 1. The highest BCUT2D eigenvalue weighted by Crippen LogP contribution is 2.25. The summed E-state index contributed by atoms with van der Waals surface area (Å²) in [5, 5.41) is 8.22. The summed E-state index contributed by atoms with van der Waals surface area (Å²) in [6, 6.07) is -0.222. The topological polar surface area (TPSA) is 67.4 Å². The van der Waals surface area contributed by atoms with E-state index < -0.39 is 0 Å². The maximum atomic E-state index is 12.3. The van der Waals surface area contributed by atoms with Crippen LogP contribution in [0, 0.1) is 0 Å². The van der Waals surface area contributed by atoms with Crippen molar-refractivity contribution < 1.29 is 9.53 Å². The molecule has 2 aromatic heterocycles. The summed E-state index contributed by atoms with van der Waals surface area (Å²) in [7, 11) is 0. The number of nitrogens with zero attached hydrogens (tertiary/aromatic N) is 3. The van der Waals surface area contributed by atoms with Gasteiger partial charge in [-0.15, -0.1) is 22.7 Å². The summed E-state index contributed by atoms with van der Waals surface area (Å²) in [5.74, 6) is -0.0373. The van der Waals surface area contributed by atoms with Crippen LogP contribution in [0.1, 0.15) is 18.0 Å². The zero-order chi connectivity index (χ0) is 14.7. The molecule has 0 bridgehead atoms. The number of aromatic nitrogens is 2. The van der Waals surface area contributed by atoms with Crippen molar-refractivity contribution in [1.82, 2.24) is 14.9 Å². The molecule has 0 aromatic carbocycles. The maximum absolute atomic E-state index is 12.3. The Hall–Kier alpha value is -1.35. The number of rotatable bonds is 4. The minimum atomic E-state index is -0.222. The monoisotopic (exact) mass is 324 g/mol. The predicted molar refractivity (Wildman–Crippen MR) is 82.6 cm³/mol. The van der Waals surface area contributed by atoms with Gasteiger partial charge in [0.1, 0.15) is 11.1 Å². The van der Waals surface area contributed by atoms with Gasteiger partial charge in [-0.3, -0.25) is 9.69 Å². The lowest BCUT2D eigenvalue weighted by Gasteiger charge is -2.35. The van der Waals surface area contributed by atoms with Gasteiger partial charge in [0, 0.05) is 36.2 Å². The van der Waals surface area contributed by atoms with Crippen LogP contribution in [-0.4, -0.2) is 46.5 Å². The van der Waals surface area contributed by atoms with Crippen LogP contribution >= 0.6 is 22.7 Å². The number of anilines is 1. The first-order valence-electron chi connectivity index (χ1n) is 6.69. The Labute approximate surface area is 130 Å². The summed E-state index contributed by atoms with van der Waals surface area (Å²) >= 11 is 3.00. The van der Waals surface area contributed by atoms with Crippen LogP contribution in [-0.2, 0) is 9.53 Å². The fourth-order valence-corrected chi connectivity index (χ4v) is 3.43. The molecule has 112 valence electrons. The molecule has 2 atom stereocenters. The molecule has 1 saturated heterocycles. The molecule has 8 heteroatoms. The molecule has 0 radical (unpaired) electrons. The molecular weight excluding hydrogens is 308 g/mol. The number of carbonyl (C=O) groups is 1. The molecule has 1 fully saturated rings. The Balaban J connectivity index is 1.61. The zero-order valence-electron chi connectivity index (χ0n) is 11.6. The van der Waals surface area contributed by atoms with Gasteiger partial charge in [0.2, 0.25) is 5.91 Å². The van der Waals surface area contributed by atoms with E-state index in [2.05, 4.69) is 20.2 Å². The van der Waals surface area contributed by atoms with Crippen LogP contribution in [0.3, 0.4) is 0 Å².